The van der Waals surface area contributed by atoms with Gasteiger partial charge in [0.05, 0.1) is 33.8 Å². The molecule has 270 valence electrons. The highest BCUT2D eigenvalue weighted by Crippen LogP contribution is 2.61. The largest absolute Gasteiger partial charge is 0.329 e. The Kier molecular flexibility index (Phi) is 6.01. The average molecular weight is 756 g/mol. The van der Waals surface area contributed by atoms with Gasteiger partial charge in [0.25, 0.3) is 0 Å². The molecule has 3 nitrogen and oxygen atoms in total. The quantitative estimate of drug-likeness (QED) is 0.175. The first kappa shape index (κ1) is 31.0. The summed E-state index contributed by atoms with van der Waals surface area (Å²) in [6, 6.07) is 65.5. The van der Waals surface area contributed by atoms with Gasteiger partial charge in [0.2, 0.25) is 0 Å². The van der Waals surface area contributed by atoms with Crippen molar-refractivity contribution in [3.63, 3.8) is 0 Å². The van der Waals surface area contributed by atoms with Gasteiger partial charge in [-0.05, 0) is 65.2 Å². The first-order chi connectivity index (χ1) is 28.8. The topological polar surface area (TPSA) is 13.1 Å². The summed E-state index contributed by atoms with van der Waals surface area (Å²) in [5.41, 5.74) is 16.7. The van der Waals surface area contributed by atoms with Gasteiger partial charge in [0, 0.05) is 75.8 Å². The van der Waals surface area contributed by atoms with Gasteiger partial charge >= 0.3 is 0 Å². The third kappa shape index (κ3) is 3.83. The van der Waals surface area contributed by atoms with Crippen LogP contribution in [0.15, 0.2) is 188 Å². The van der Waals surface area contributed by atoms with Crippen molar-refractivity contribution in [2.75, 3.05) is 4.90 Å². The summed E-state index contributed by atoms with van der Waals surface area (Å²) in [6.07, 6.45) is 4.89. The molecule has 14 rings (SSSR count). The van der Waals surface area contributed by atoms with Gasteiger partial charge in [0.1, 0.15) is 0 Å². The highest BCUT2D eigenvalue weighted by Gasteiger charge is 2.49. The van der Waals surface area contributed by atoms with Gasteiger partial charge in [-0.3, -0.25) is 0 Å². The van der Waals surface area contributed by atoms with Gasteiger partial charge < -0.3 is 14.0 Å². The van der Waals surface area contributed by atoms with E-state index in [2.05, 4.69) is 202 Å². The second-order valence-corrected chi connectivity index (χ2v) is 17.0. The smallest absolute Gasteiger partial charge is 0.0857 e. The number of aromatic nitrogens is 2. The van der Waals surface area contributed by atoms with Crippen LogP contribution >= 0.6 is 11.3 Å². The standard InChI is InChI=1S/C54H33N3S/c1-2-14-32(15-3-1)55-43-24-8-4-16-33(43)37-20-12-21-38(51(37)55)35-28-30-46-52-49(35)41-18-5-9-25-44(41)56(52)47-31-29-36(50-42-19-6-10-26-45(42)57(46)53(47)50)40-23-13-22-39-34-17-7-11-27-48(34)58-54(39)40/h1-31,49,52H. The maximum absolute atomic E-state index is 2.68. The fourth-order valence-corrected chi connectivity index (χ4v) is 12.3. The van der Waals surface area contributed by atoms with Crippen molar-refractivity contribution >= 4 is 97.8 Å². The lowest BCUT2D eigenvalue weighted by Crippen LogP contribution is -2.38. The zero-order chi connectivity index (χ0) is 37.6. The molecule has 0 amide bonds. The van der Waals surface area contributed by atoms with Crippen LogP contribution in [0.3, 0.4) is 0 Å². The number of nitrogens with zero attached hydrogens (tertiary/aromatic N) is 3. The number of thiophene rings is 1. The third-order valence-corrected chi connectivity index (χ3v) is 14.4. The second kappa shape index (κ2) is 11.3. The van der Waals surface area contributed by atoms with E-state index in [1.54, 1.807) is 0 Å². The molecule has 2 atom stereocenters. The SMILES string of the molecule is C1=C(c2cccc3c4ccccc4n(-c4ccccc4)c23)C2c3ccccc3N3c4ccc(-c5cccc6c5sc5ccccc56)c5c6ccccc6n(c45)C(=C1)C23. The normalized spacial score (nSPS) is 16.8. The van der Waals surface area contributed by atoms with Gasteiger partial charge in [-0.25, -0.2) is 0 Å². The van der Waals surface area contributed by atoms with Crippen molar-refractivity contribution < 1.29 is 0 Å². The summed E-state index contributed by atoms with van der Waals surface area (Å²) >= 11 is 1.91. The molecule has 3 aliphatic rings. The predicted octanol–water partition coefficient (Wildman–Crippen LogP) is 14.5. The molecule has 8 aromatic carbocycles. The van der Waals surface area contributed by atoms with Crippen molar-refractivity contribution in [2.24, 2.45) is 0 Å². The Bertz CT molecular complexity index is 3650. The van der Waals surface area contributed by atoms with E-state index in [0.717, 1.165) is 0 Å². The Morgan fingerprint density at radius 1 is 0.431 bits per heavy atom. The van der Waals surface area contributed by atoms with Gasteiger partial charge in [-0.15, -0.1) is 11.3 Å². The van der Waals surface area contributed by atoms with E-state index in [1.165, 1.54) is 114 Å². The molecule has 2 unspecified atom stereocenters. The van der Waals surface area contributed by atoms with Crippen LogP contribution in [0, 0.1) is 0 Å². The Morgan fingerprint density at radius 2 is 1.12 bits per heavy atom. The number of allylic oxidation sites excluding steroid dienone is 2. The van der Waals surface area contributed by atoms with Crippen LogP contribution in [-0.4, -0.2) is 15.2 Å². The maximum Gasteiger partial charge on any atom is 0.0857 e. The van der Waals surface area contributed by atoms with Gasteiger partial charge in [0.15, 0.2) is 0 Å². The molecule has 2 aliphatic heterocycles. The molecule has 0 saturated carbocycles. The average Bonchev–Trinajstić information content (AvgIpc) is 4.04. The molecule has 0 N–H and O–H groups in total. The summed E-state index contributed by atoms with van der Waals surface area (Å²) in [5.74, 6) is 0.125. The highest BCUT2D eigenvalue weighted by atomic mass is 32.1. The predicted molar refractivity (Wildman–Crippen MR) is 246 cm³/mol. The van der Waals surface area contributed by atoms with Crippen molar-refractivity contribution in [3.05, 3.63) is 199 Å². The molecular formula is C54H33N3S. The molecule has 1 aliphatic carbocycles. The minimum atomic E-state index is 0.0885. The molecule has 58 heavy (non-hydrogen) atoms. The van der Waals surface area contributed by atoms with Crippen LogP contribution in [-0.2, 0) is 0 Å². The van der Waals surface area contributed by atoms with E-state index in [1.807, 2.05) is 11.3 Å². The van der Waals surface area contributed by atoms with Crippen molar-refractivity contribution in [2.45, 2.75) is 12.0 Å². The van der Waals surface area contributed by atoms with Crippen molar-refractivity contribution in [1.82, 2.24) is 9.13 Å². The lowest BCUT2D eigenvalue weighted by molar-refractivity contribution is 0.737. The summed E-state index contributed by atoms with van der Waals surface area (Å²) < 4.78 is 7.78. The Balaban J connectivity index is 1.07. The number of benzene rings is 8. The number of rotatable bonds is 3. The molecule has 0 fully saturated rings. The van der Waals surface area contributed by atoms with E-state index in [0.29, 0.717) is 0 Å². The summed E-state index contributed by atoms with van der Waals surface area (Å²) in [6.45, 7) is 0. The molecule has 4 heteroatoms. The number of para-hydroxylation sites is 5. The molecular weight excluding hydrogens is 723 g/mol. The van der Waals surface area contributed by atoms with Crippen LogP contribution in [0.2, 0.25) is 0 Å². The fraction of sp³-hybridized carbons (Fsp3) is 0.0370. The van der Waals surface area contributed by atoms with E-state index in [4.69, 9.17) is 0 Å². The Hall–Kier alpha value is -7.14. The van der Waals surface area contributed by atoms with Gasteiger partial charge in [-0.2, -0.15) is 0 Å². The summed E-state index contributed by atoms with van der Waals surface area (Å²) in [7, 11) is 0. The summed E-state index contributed by atoms with van der Waals surface area (Å²) in [4.78, 5) is 2.68. The number of hydrogen-bond donors (Lipinski definition) is 0. The minimum absolute atomic E-state index is 0.0885. The van der Waals surface area contributed by atoms with E-state index in [-0.39, 0.29) is 12.0 Å². The lowest BCUT2D eigenvalue weighted by atomic mass is 9.78. The maximum atomic E-state index is 2.68. The fourth-order valence-electron chi connectivity index (χ4n) is 11.0. The van der Waals surface area contributed by atoms with Crippen LogP contribution in [0.4, 0.5) is 11.4 Å². The Morgan fingerprint density at radius 3 is 2.00 bits per heavy atom. The first-order valence-electron chi connectivity index (χ1n) is 20.2. The minimum Gasteiger partial charge on any atom is -0.329 e. The first-order valence-corrected chi connectivity index (χ1v) is 21.0. The monoisotopic (exact) mass is 755 g/mol. The van der Waals surface area contributed by atoms with Crippen molar-refractivity contribution in [1.29, 1.82) is 0 Å². The number of anilines is 2. The highest BCUT2D eigenvalue weighted by molar-refractivity contribution is 7.26. The summed E-state index contributed by atoms with van der Waals surface area (Å²) in [5, 5.41) is 7.84. The molecule has 0 saturated heterocycles. The van der Waals surface area contributed by atoms with Crippen LogP contribution in [0.1, 0.15) is 17.0 Å². The van der Waals surface area contributed by atoms with E-state index >= 15 is 0 Å². The number of hydrogen-bond acceptors (Lipinski definition) is 2. The molecule has 0 radical (unpaired) electrons. The van der Waals surface area contributed by atoms with E-state index in [9.17, 15) is 0 Å². The zero-order valence-electron chi connectivity index (χ0n) is 31.3. The third-order valence-electron chi connectivity index (χ3n) is 13.2. The zero-order valence-corrected chi connectivity index (χ0v) is 32.1. The molecule has 0 bridgehead atoms. The Labute approximate surface area is 338 Å². The van der Waals surface area contributed by atoms with Crippen LogP contribution < -0.4 is 4.90 Å². The number of fused-ring (bicyclic) bond motifs is 14. The molecule has 3 aromatic heterocycles. The molecule has 11 aromatic rings. The van der Waals surface area contributed by atoms with Crippen LogP contribution in [0.5, 0.6) is 0 Å². The van der Waals surface area contributed by atoms with Crippen molar-refractivity contribution in [3.8, 4) is 16.8 Å². The lowest BCUT2D eigenvalue weighted by Gasteiger charge is -2.40. The molecule has 5 heterocycles. The molecule has 0 spiro atoms. The van der Waals surface area contributed by atoms with E-state index < -0.39 is 0 Å². The van der Waals surface area contributed by atoms with Gasteiger partial charge in [-0.1, -0.05) is 140 Å². The van der Waals surface area contributed by atoms with Crippen LogP contribution in [0.25, 0.3) is 91.9 Å². The second-order valence-electron chi connectivity index (χ2n) is 15.9.